The number of nitrogens with zero attached hydrogens (tertiary/aromatic N) is 1. The summed E-state index contributed by atoms with van der Waals surface area (Å²) >= 11 is 0. The molecule has 5 heteroatoms. The Morgan fingerprint density at radius 3 is 2.89 bits per heavy atom. The Morgan fingerprint density at radius 1 is 1.44 bits per heavy atom. The van der Waals surface area contributed by atoms with Crippen molar-refractivity contribution in [3.05, 3.63) is 35.1 Å². The van der Waals surface area contributed by atoms with Crippen LogP contribution in [0.4, 0.5) is 4.39 Å². The number of hydrogen-bond donors (Lipinski definition) is 2. The van der Waals surface area contributed by atoms with Gasteiger partial charge in [-0.3, -0.25) is 10.1 Å². The number of halogens is 1. The molecule has 1 atom stereocenters. The van der Waals surface area contributed by atoms with Crippen LogP contribution in [-0.4, -0.2) is 17.9 Å². The molecule has 1 heterocycles. The number of carbonyl (C=O) groups excluding carboxylic acids is 1. The van der Waals surface area contributed by atoms with Gasteiger partial charge in [0.25, 0.3) is 5.91 Å². The Hall–Kier alpha value is -1.91. The second-order valence-corrected chi connectivity index (χ2v) is 4.79. The first kappa shape index (κ1) is 11.2. The summed E-state index contributed by atoms with van der Waals surface area (Å²) in [7, 11) is 0. The van der Waals surface area contributed by atoms with Gasteiger partial charge in [-0.05, 0) is 43.0 Å². The van der Waals surface area contributed by atoms with Crippen molar-refractivity contribution in [1.29, 1.82) is 0 Å². The molecule has 1 aromatic carbocycles. The number of rotatable bonds is 2. The third kappa shape index (κ3) is 2.08. The van der Waals surface area contributed by atoms with Crippen LogP contribution in [0, 0.1) is 12.7 Å². The number of nitrogens with one attached hydrogen (secondary N) is 2. The van der Waals surface area contributed by atoms with Crippen LogP contribution in [0.15, 0.2) is 23.2 Å². The molecule has 0 saturated heterocycles. The summed E-state index contributed by atoms with van der Waals surface area (Å²) in [4.78, 5) is 16.2. The Morgan fingerprint density at radius 2 is 2.22 bits per heavy atom. The zero-order chi connectivity index (χ0) is 12.7. The summed E-state index contributed by atoms with van der Waals surface area (Å²) in [5.41, 5.74) is 1.49. The second kappa shape index (κ2) is 4.08. The second-order valence-electron chi connectivity index (χ2n) is 4.79. The molecule has 0 aromatic heterocycles. The van der Waals surface area contributed by atoms with Crippen molar-refractivity contribution in [2.75, 3.05) is 0 Å². The molecular formula is C13H14FN3O. The summed E-state index contributed by atoms with van der Waals surface area (Å²) in [5, 5.41) is 5.88. The third-order valence-corrected chi connectivity index (χ3v) is 3.19. The molecule has 0 bridgehead atoms. The van der Waals surface area contributed by atoms with Crippen molar-refractivity contribution in [3.63, 3.8) is 0 Å². The summed E-state index contributed by atoms with van der Waals surface area (Å²) in [6.45, 7) is 1.79. The average molecular weight is 247 g/mol. The molecule has 1 amide bonds. The first-order valence-corrected chi connectivity index (χ1v) is 6.05. The van der Waals surface area contributed by atoms with Gasteiger partial charge in [0.05, 0.1) is 0 Å². The maximum absolute atomic E-state index is 13.0. The van der Waals surface area contributed by atoms with Crippen molar-refractivity contribution in [3.8, 4) is 0 Å². The van der Waals surface area contributed by atoms with Crippen molar-refractivity contribution < 1.29 is 9.18 Å². The van der Waals surface area contributed by atoms with Crippen LogP contribution in [0.3, 0.4) is 0 Å². The van der Waals surface area contributed by atoms with Gasteiger partial charge < -0.3 is 5.32 Å². The number of hydrogen-bond acceptors (Lipinski definition) is 3. The minimum atomic E-state index is -0.563. The minimum absolute atomic E-state index is 0.159. The SMILES string of the molecule is Cc1cc(F)ccc1C1N=C(NC2CC2)NC1=O. The van der Waals surface area contributed by atoms with Crippen LogP contribution < -0.4 is 10.6 Å². The zero-order valence-corrected chi connectivity index (χ0v) is 10.0. The molecule has 1 aliphatic heterocycles. The van der Waals surface area contributed by atoms with E-state index in [0.29, 0.717) is 12.0 Å². The first-order chi connectivity index (χ1) is 8.63. The molecule has 2 aliphatic rings. The van der Waals surface area contributed by atoms with Crippen LogP contribution in [0.25, 0.3) is 0 Å². The van der Waals surface area contributed by atoms with E-state index in [9.17, 15) is 9.18 Å². The number of amides is 1. The van der Waals surface area contributed by atoms with Gasteiger partial charge in [-0.25, -0.2) is 9.38 Å². The van der Waals surface area contributed by atoms with E-state index in [0.717, 1.165) is 24.0 Å². The van der Waals surface area contributed by atoms with Crippen LogP contribution in [0.2, 0.25) is 0 Å². The molecule has 94 valence electrons. The lowest BCUT2D eigenvalue weighted by molar-refractivity contribution is -0.120. The average Bonchev–Trinajstić information content (AvgIpc) is 3.03. The highest BCUT2D eigenvalue weighted by Crippen LogP contribution is 2.26. The lowest BCUT2D eigenvalue weighted by Crippen LogP contribution is -2.37. The van der Waals surface area contributed by atoms with Crippen LogP contribution in [0.1, 0.15) is 30.0 Å². The van der Waals surface area contributed by atoms with Crippen LogP contribution in [0.5, 0.6) is 0 Å². The zero-order valence-electron chi connectivity index (χ0n) is 10.0. The Bertz CT molecular complexity index is 537. The summed E-state index contributed by atoms with van der Waals surface area (Å²) < 4.78 is 13.0. The predicted octanol–water partition coefficient (Wildman–Crippen LogP) is 1.41. The summed E-state index contributed by atoms with van der Waals surface area (Å²) in [6, 6.07) is 4.28. The maximum atomic E-state index is 13.0. The van der Waals surface area contributed by atoms with Crippen molar-refractivity contribution in [2.45, 2.75) is 31.8 Å². The minimum Gasteiger partial charge on any atom is -0.353 e. The lowest BCUT2D eigenvalue weighted by atomic mass is 10.0. The molecule has 2 N–H and O–H groups in total. The van der Waals surface area contributed by atoms with Gasteiger partial charge in [-0.1, -0.05) is 6.07 Å². The van der Waals surface area contributed by atoms with Gasteiger partial charge in [0.2, 0.25) is 0 Å². The van der Waals surface area contributed by atoms with Gasteiger partial charge >= 0.3 is 0 Å². The Labute approximate surface area is 104 Å². The maximum Gasteiger partial charge on any atom is 0.256 e. The smallest absolute Gasteiger partial charge is 0.256 e. The molecule has 1 aliphatic carbocycles. The normalized spacial score (nSPS) is 22.7. The molecule has 3 rings (SSSR count). The largest absolute Gasteiger partial charge is 0.353 e. The molecular weight excluding hydrogens is 233 g/mol. The molecule has 4 nitrogen and oxygen atoms in total. The molecule has 0 spiro atoms. The molecule has 1 fully saturated rings. The quantitative estimate of drug-likeness (QED) is 0.830. The van der Waals surface area contributed by atoms with E-state index in [-0.39, 0.29) is 11.7 Å². The topological polar surface area (TPSA) is 53.5 Å². The summed E-state index contributed by atoms with van der Waals surface area (Å²) in [5.74, 6) is 0.0825. The summed E-state index contributed by atoms with van der Waals surface area (Å²) in [6.07, 6.45) is 2.24. The Balaban J connectivity index is 1.86. The first-order valence-electron chi connectivity index (χ1n) is 6.05. The van der Waals surface area contributed by atoms with Gasteiger partial charge in [-0.2, -0.15) is 0 Å². The lowest BCUT2D eigenvalue weighted by Gasteiger charge is -2.08. The number of guanidine groups is 1. The van der Waals surface area contributed by atoms with E-state index >= 15 is 0 Å². The van der Waals surface area contributed by atoms with Crippen LogP contribution >= 0.6 is 0 Å². The molecule has 18 heavy (non-hydrogen) atoms. The van der Waals surface area contributed by atoms with Gasteiger partial charge in [-0.15, -0.1) is 0 Å². The highest BCUT2D eigenvalue weighted by Gasteiger charge is 2.32. The van der Waals surface area contributed by atoms with Crippen molar-refractivity contribution >= 4 is 11.9 Å². The van der Waals surface area contributed by atoms with E-state index in [4.69, 9.17) is 0 Å². The highest BCUT2D eigenvalue weighted by molar-refractivity contribution is 6.05. The van der Waals surface area contributed by atoms with E-state index in [2.05, 4.69) is 15.6 Å². The Kier molecular flexibility index (Phi) is 2.54. The van der Waals surface area contributed by atoms with E-state index in [1.807, 2.05) is 0 Å². The molecule has 1 saturated carbocycles. The van der Waals surface area contributed by atoms with Crippen molar-refractivity contribution in [1.82, 2.24) is 10.6 Å². The fourth-order valence-electron chi connectivity index (χ4n) is 2.06. The monoisotopic (exact) mass is 247 g/mol. The van der Waals surface area contributed by atoms with E-state index in [1.54, 1.807) is 13.0 Å². The number of carbonyl (C=O) groups is 1. The van der Waals surface area contributed by atoms with E-state index in [1.165, 1.54) is 12.1 Å². The standard InChI is InChI=1S/C13H14FN3O/c1-7-6-8(14)2-5-10(7)11-12(18)17-13(16-11)15-9-3-4-9/h2,5-6,9,11H,3-4H2,1H3,(H2,15,16,17,18). The van der Waals surface area contributed by atoms with Gasteiger partial charge in [0, 0.05) is 6.04 Å². The van der Waals surface area contributed by atoms with Gasteiger partial charge in [0.1, 0.15) is 5.82 Å². The molecule has 1 aromatic rings. The number of benzene rings is 1. The highest BCUT2D eigenvalue weighted by atomic mass is 19.1. The van der Waals surface area contributed by atoms with E-state index < -0.39 is 6.04 Å². The fourth-order valence-corrected chi connectivity index (χ4v) is 2.06. The molecule has 0 radical (unpaired) electrons. The van der Waals surface area contributed by atoms with Crippen LogP contribution in [-0.2, 0) is 4.79 Å². The van der Waals surface area contributed by atoms with Crippen molar-refractivity contribution in [2.24, 2.45) is 4.99 Å². The number of aliphatic imine (C=N–C) groups is 1. The van der Waals surface area contributed by atoms with Gasteiger partial charge in [0.15, 0.2) is 12.0 Å². The predicted molar refractivity (Wildman–Crippen MR) is 65.6 cm³/mol. The molecule has 1 unspecified atom stereocenters. The fraction of sp³-hybridized carbons (Fsp3) is 0.385. The third-order valence-electron chi connectivity index (χ3n) is 3.19. The number of aryl methyl sites for hydroxylation is 1.